The van der Waals surface area contributed by atoms with Crippen molar-refractivity contribution in [3.05, 3.63) is 76.5 Å². The van der Waals surface area contributed by atoms with Gasteiger partial charge in [0.15, 0.2) is 5.76 Å². The van der Waals surface area contributed by atoms with Gasteiger partial charge in [-0.05, 0) is 55.5 Å². The van der Waals surface area contributed by atoms with E-state index in [1.165, 1.54) is 5.56 Å². The molecular weight excluding hydrogens is 416 g/mol. The Bertz CT molecular complexity index is 1020. The molecule has 4 rings (SSSR count). The Balaban J connectivity index is 1.53. The van der Waals surface area contributed by atoms with Gasteiger partial charge < -0.3 is 19.7 Å². The minimum absolute atomic E-state index is 0.0262. The van der Waals surface area contributed by atoms with Gasteiger partial charge in [0.25, 0.3) is 11.8 Å². The van der Waals surface area contributed by atoms with Crippen LogP contribution in [-0.2, 0) is 20.8 Å². The zero-order chi connectivity index (χ0) is 23.2. The summed E-state index contributed by atoms with van der Waals surface area (Å²) in [6, 6.07) is 15.6. The highest BCUT2D eigenvalue weighted by molar-refractivity contribution is 5.97. The normalized spacial score (nSPS) is 21.5. The molecule has 0 aromatic heterocycles. The Morgan fingerprint density at radius 2 is 1.97 bits per heavy atom. The number of methoxy groups -OCH3 is 1. The number of nitrogens with zero attached hydrogens (tertiary/aromatic N) is 1. The SMILES string of the molecule is COCCNC(=O)c1ccc(/C=C2/OC3CCCCC3N(Cc3cccc(C)c3)C2=O)cc1. The maximum Gasteiger partial charge on any atom is 0.289 e. The van der Waals surface area contributed by atoms with Crippen LogP contribution in [0.25, 0.3) is 6.08 Å². The van der Waals surface area contributed by atoms with E-state index in [4.69, 9.17) is 9.47 Å². The molecule has 2 aromatic carbocycles. The molecule has 0 bridgehead atoms. The molecule has 2 aromatic rings. The van der Waals surface area contributed by atoms with E-state index in [1.54, 1.807) is 25.3 Å². The molecule has 1 N–H and O–H groups in total. The van der Waals surface area contributed by atoms with E-state index in [2.05, 4.69) is 30.4 Å². The van der Waals surface area contributed by atoms with Gasteiger partial charge in [0, 0.05) is 25.8 Å². The van der Waals surface area contributed by atoms with Crippen molar-refractivity contribution in [1.82, 2.24) is 10.2 Å². The van der Waals surface area contributed by atoms with Gasteiger partial charge in [-0.25, -0.2) is 0 Å². The van der Waals surface area contributed by atoms with Crippen LogP contribution in [0.2, 0.25) is 0 Å². The molecule has 1 aliphatic carbocycles. The number of aryl methyl sites for hydroxylation is 1. The summed E-state index contributed by atoms with van der Waals surface area (Å²) >= 11 is 0. The maximum atomic E-state index is 13.5. The number of carbonyl (C=O) groups is 2. The number of hydrogen-bond donors (Lipinski definition) is 1. The third-order valence-electron chi connectivity index (χ3n) is 6.32. The average Bonchev–Trinajstić information content (AvgIpc) is 2.82. The maximum absolute atomic E-state index is 13.5. The number of carbonyl (C=O) groups excluding carboxylic acids is 2. The average molecular weight is 449 g/mol. The van der Waals surface area contributed by atoms with Crippen LogP contribution in [0.15, 0.2) is 54.3 Å². The van der Waals surface area contributed by atoms with Crippen LogP contribution in [0.1, 0.15) is 52.7 Å². The summed E-state index contributed by atoms with van der Waals surface area (Å²) in [7, 11) is 1.60. The van der Waals surface area contributed by atoms with Crippen molar-refractivity contribution in [2.75, 3.05) is 20.3 Å². The Hall–Kier alpha value is -3.12. The summed E-state index contributed by atoms with van der Waals surface area (Å²) in [6.45, 7) is 3.59. The number of benzene rings is 2. The van der Waals surface area contributed by atoms with E-state index in [1.807, 2.05) is 23.1 Å². The first-order valence-corrected chi connectivity index (χ1v) is 11.7. The first-order chi connectivity index (χ1) is 16.0. The highest BCUT2D eigenvalue weighted by atomic mass is 16.5. The largest absolute Gasteiger partial charge is 0.482 e. The Kier molecular flexibility index (Phi) is 7.45. The topological polar surface area (TPSA) is 67.9 Å². The van der Waals surface area contributed by atoms with E-state index in [9.17, 15) is 9.59 Å². The first-order valence-electron chi connectivity index (χ1n) is 11.7. The van der Waals surface area contributed by atoms with Gasteiger partial charge in [-0.1, -0.05) is 48.4 Å². The number of morpholine rings is 1. The van der Waals surface area contributed by atoms with Crippen LogP contribution >= 0.6 is 0 Å². The van der Waals surface area contributed by atoms with E-state index in [0.717, 1.165) is 36.8 Å². The lowest BCUT2D eigenvalue weighted by Crippen LogP contribution is -2.54. The summed E-state index contributed by atoms with van der Waals surface area (Å²) in [6.07, 6.45) is 5.99. The molecule has 1 saturated carbocycles. The van der Waals surface area contributed by atoms with E-state index < -0.39 is 0 Å². The molecule has 6 nitrogen and oxygen atoms in total. The molecule has 33 heavy (non-hydrogen) atoms. The standard InChI is InChI=1S/C27H32N2O4/c1-19-6-5-7-21(16-19)18-29-23-8-3-4-9-24(23)33-25(27(29)31)17-20-10-12-22(13-11-20)26(30)28-14-15-32-2/h5-7,10-13,16-17,23-24H,3-4,8-9,14-15,18H2,1-2H3,(H,28,30)/b25-17+. The van der Waals surface area contributed by atoms with E-state index >= 15 is 0 Å². The molecule has 2 fully saturated rings. The van der Waals surface area contributed by atoms with Crippen LogP contribution in [0, 0.1) is 6.92 Å². The number of hydrogen-bond acceptors (Lipinski definition) is 4. The quantitative estimate of drug-likeness (QED) is 0.512. The Morgan fingerprint density at radius 1 is 1.18 bits per heavy atom. The first kappa shape index (κ1) is 23.1. The van der Waals surface area contributed by atoms with Crippen molar-refractivity contribution in [2.45, 2.75) is 51.3 Å². The summed E-state index contributed by atoms with van der Waals surface area (Å²) in [5.41, 5.74) is 3.72. The third-order valence-corrected chi connectivity index (χ3v) is 6.32. The molecular formula is C27H32N2O4. The van der Waals surface area contributed by atoms with Gasteiger partial charge in [-0.15, -0.1) is 0 Å². The molecule has 1 saturated heterocycles. The monoisotopic (exact) mass is 448 g/mol. The van der Waals surface area contributed by atoms with Crippen LogP contribution in [-0.4, -0.2) is 49.1 Å². The number of fused-ring (bicyclic) bond motifs is 1. The molecule has 0 spiro atoms. The predicted molar refractivity (Wildman–Crippen MR) is 127 cm³/mol. The van der Waals surface area contributed by atoms with Crippen molar-refractivity contribution >= 4 is 17.9 Å². The molecule has 2 aliphatic rings. The van der Waals surface area contributed by atoms with Gasteiger partial charge in [-0.2, -0.15) is 0 Å². The second-order valence-electron chi connectivity index (χ2n) is 8.81. The summed E-state index contributed by atoms with van der Waals surface area (Å²) in [4.78, 5) is 27.6. The van der Waals surface area contributed by atoms with Gasteiger partial charge in [0.2, 0.25) is 0 Å². The fraction of sp³-hybridized carbons (Fsp3) is 0.407. The highest BCUT2D eigenvalue weighted by Crippen LogP contribution is 2.34. The van der Waals surface area contributed by atoms with Gasteiger partial charge in [0.05, 0.1) is 12.6 Å². The van der Waals surface area contributed by atoms with Crippen molar-refractivity contribution < 1.29 is 19.1 Å². The molecule has 2 atom stereocenters. The smallest absolute Gasteiger partial charge is 0.289 e. The highest BCUT2D eigenvalue weighted by Gasteiger charge is 2.41. The van der Waals surface area contributed by atoms with E-state index in [-0.39, 0.29) is 24.0 Å². The van der Waals surface area contributed by atoms with Gasteiger partial charge in [0.1, 0.15) is 6.10 Å². The van der Waals surface area contributed by atoms with Gasteiger partial charge >= 0.3 is 0 Å². The summed E-state index contributed by atoms with van der Waals surface area (Å²) in [5, 5.41) is 2.81. The lowest BCUT2D eigenvalue weighted by Gasteiger charge is -2.44. The minimum atomic E-state index is -0.148. The number of rotatable bonds is 7. The third kappa shape index (κ3) is 5.63. The number of amides is 2. The van der Waals surface area contributed by atoms with Crippen molar-refractivity contribution in [1.29, 1.82) is 0 Å². The zero-order valence-corrected chi connectivity index (χ0v) is 19.4. The van der Waals surface area contributed by atoms with Crippen LogP contribution in [0.3, 0.4) is 0 Å². The molecule has 1 heterocycles. The summed E-state index contributed by atoms with van der Waals surface area (Å²) in [5.74, 6) is 0.162. The molecule has 2 amide bonds. The van der Waals surface area contributed by atoms with Crippen molar-refractivity contribution in [3.63, 3.8) is 0 Å². The van der Waals surface area contributed by atoms with Crippen LogP contribution in [0.5, 0.6) is 0 Å². The lowest BCUT2D eigenvalue weighted by molar-refractivity contribution is -0.149. The number of nitrogens with one attached hydrogen (secondary N) is 1. The predicted octanol–water partition coefficient (Wildman–Crippen LogP) is 4.08. The molecule has 2 unspecified atom stereocenters. The van der Waals surface area contributed by atoms with Gasteiger partial charge in [-0.3, -0.25) is 9.59 Å². The zero-order valence-electron chi connectivity index (χ0n) is 19.4. The van der Waals surface area contributed by atoms with E-state index in [0.29, 0.717) is 31.0 Å². The molecule has 0 radical (unpaired) electrons. The Labute approximate surface area is 195 Å². The van der Waals surface area contributed by atoms with Crippen molar-refractivity contribution in [2.24, 2.45) is 0 Å². The lowest BCUT2D eigenvalue weighted by atomic mass is 9.89. The molecule has 6 heteroatoms. The fourth-order valence-corrected chi connectivity index (χ4v) is 4.62. The van der Waals surface area contributed by atoms with Crippen LogP contribution in [0.4, 0.5) is 0 Å². The minimum Gasteiger partial charge on any atom is -0.482 e. The summed E-state index contributed by atoms with van der Waals surface area (Å²) < 4.78 is 11.2. The Morgan fingerprint density at radius 3 is 2.73 bits per heavy atom. The second-order valence-corrected chi connectivity index (χ2v) is 8.81. The molecule has 174 valence electrons. The van der Waals surface area contributed by atoms with Crippen LogP contribution < -0.4 is 5.32 Å². The molecule has 1 aliphatic heterocycles. The second kappa shape index (κ2) is 10.7. The number of ether oxygens (including phenoxy) is 2. The van der Waals surface area contributed by atoms with Crippen molar-refractivity contribution in [3.8, 4) is 0 Å². The fourth-order valence-electron chi connectivity index (χ4n) is 4.62.